The van der Waals surface area contributed by atoms with Gasteiger partial charge in [0.1, 0.15) is 12.0 Å². The van der Waals surface area contributed by atoms with Crippen LogP contribution < -0.4 is 21.7 Å². The lowest BCUT2D eigenvalue weighted by Crippen LogP contribution is -2.77. The molecule has 0 bridgehead atoms. The number of halogens is 2. The van der Waals surface area contributed by atoms with Crippen LogP contribution in [-0.4, -0.2) is 42.0 Å². The number of hydrogen-bond donors (Lipinski definition) is 5. The third-order valence-electron chi connectivity index (χ3n) is 4.49. The number of rotatable bonds is 4. The molecule has 0 aromatic rings. The highest BCUT2D eigenvalue weighted by Gasteiger charge is 2.30. The first kappa shape index (κ1) is 19.1. The molecule has 144 valence electrons. The summed E-state index contributed by atoms with van der Waals surface area (Å²) in [5, 5.41) is 15.5. The molecule has 0 spiro atoms. The van der Waals surface area contributed by atoms with Gasteiger partial charge in [0.15, 0.2) is 11.4 Å². The first-order valence-corrected chi connectivity index (χ1v) is 9.02. The second-order valence-electron chi connectivity index (χ2n) is 6.44. The van der Waals surface area contributed by atoms with E-state index in [1.54, 1.807) is 6.20 Å². The van der Waals surface area contributed by atoms with Crippen LogP contribution in [0.25, 0.3) is 0 Å². The predicted molar refractivity (Wildman–Crippen MR) is 101 cm³/mol. The molecule has 27 heavy (non-hydrogen) atoms. The standard InChI is InChI=1S/C17H21ClFN7O/c1-9-13(18)14(26-4-2-3-5-26)11(8-22-9)25-17(27)12(15(20)21)16-23-6-10(19)7-24-16/h6-9,22-23H,2-5H2,1H3,(H3,20,21)(H,25,27)/p+1. The van der Waals surface area contributed by atoms with Crippen molar-refractivity contribution in [3.05, 3.63) is 46.0 Å². The van der Waals surface area contributed by atoms with Crippen molar-refractivity contribution >= 4 is 29.6 Å². The van der Waals surface area contributed by atoms with Gasteiger partial charge in [-0.05, 0) is 19.8 Å². The maximum absolute atomic E-state index is 13.1. The zero-order valence-corrected chi connectivity index (χ0v) is 15.6. The second-order valence-corrected chi connectivity index (χ2v) is 6.85. The summed E-state index contributed by atoms with van der Waals surface area (Å²) in [6, 6.07) is -0.0714. The summed E-state index contributed by atoms with van der Waals surface area (Å²) in [4.78, 5) is 18.8. The highest BCUT2D eigenvalue weighted by Crippen LogP contribution is 2.29. The van der Waals surface area contributed by atoms with Gasteiger partial charge >= 0.3 is 0 Å². The van der Waals surface area contributed by atoms with E-state index in [0.717, 1.165) is 44.0 Å². The van der Waals surface area contributed by atoms with E-state index < -0.39 is 17.6 Å². The van der Waals surface area contributed by atoms with Gasteiger partial charge in [0.2, 0.25) is 5.82 Å². The van der Waals surface area contributed by atoms with Crippen molar-refractivity contribution in [1.29, 1.82) is 5.41 Å². The third-order valence-corrected chi connectivity index (χ3v) is 5.00. The Labute approximate surface area is 161 Å². The first-order chi connectivity index (χ1) is 12.9. The van der Waals surface area contributed by atoms with Gasteiger partial charge in [-0.25, -0.2) is 4.99 Å². The molecule has 0 aromatic carbocycles. The van der Waals surface area contributed by atoms with E-state index in [-0.39, 0.29) is 17.4 Å². The molecule has 3 heterocycles. The van der Waals surface area contributed by atoms with Gasteiger partial charge in [0, 0.05) is 19.3 Å². The van der Waals surface area contributed by atoms with Crippen LogP contribution in [0.5, 0.6) is 0 Å². The zero-order valence-electron chi connectivity index (χ0n) is 14.9. The van der Waals surface area contributed by atoms with Gasteiger partial charge in [-0.2, -0.15) is 4.39 Å². The molecule has 1 fully saturated rings. The number of nitrogens with one attached hydrogen (secondary N) is 3. The molecule has 3 rings (SSSR count). The lowest BCUT2D eigenvalue weighted by atomic mass is 10.1. The summed E-state index contributed by atoms with van der Waals surface area (Å²) in [6.45, 7) is 3.64. The first-order valence-electron chi connectivity index (χ1n) is 8.64. The van der Waals surface area contributed by atoms with Crippen LogP contribution in [0.2, 0.25) is 0 Å². The van der Waals surface area contributed by atoms with Crippen LogP contribution in [0, 0.1) is 5.41 Å². The molecule has 1 amide bonds. The number of aliphatic imine (C=N–C) groups is 1. The van der Waals surface area contributed by atoms with Gasteiger partial charge in [-0.1, -0.05) is 11.6 Å². The highest BCUT2D eigenvalue weighted by atomic mass is 35.5. The zero-order chi connectivity index (χ0) is 19.6. The predicted octanol–water partition coefficient (Wildman–Crippen LogP) is 0.0882. The molecule has 1 atom stereocenters. The number of dihydropyridines is 1. The molecular formula is C17H22ClFN7O+. The summed E-state index contributed by atoms with van der Waals surface area (Å²) in [7, 11) is 0. The quantitative estimate of drug-likeness (QED) is 0.263. The second kappa shape index (κ2) is 7.93. The van der Waals surface area contributed by atoms with Crippen molar-refractivity contribution in [3.63, 3.8) is 0 Å². The molecule has 0 aromatic heterocycles. The molecule has 0 saturated carbocycles. The molecule has 3 aliphatic rings. The SMILES string of the molecule is CC1NC=C(NC(=O)C(C(=N)N)=C2N=CC(F)=C[NH2+]2)C(N2CCCC2)=C1Cl. The Morgan fingerprint density at radius 1 is 1.52 bits per heavy atom. The van der Waals surface area contributed by atoms with Crippen molar-refractivity contribution in [2.75, 3.05) is 13.1 Å². The summed E-state index contributed by atoms with van der Waals surface area (Å²) in [5.74, 6) is -1.48. The lowest BCUT2D eigenvalue weighted by Gasteiger charge is -2.31. The Morgan fingerprint density at radius 2 is 2.22 bits per heavy atom. The minimum absolute atomic E-state index is 0.0714. The van der Waals surface area contributed by atoms with E-state index in [2.05, 4.69) is 20.5 Å². The Hall–Kier alpha value is -2.65. The minimum atomic E-state index is -0.606. The van der Waals surface area contributed by atoms with Gasteiger partial charge in [0.25, 0.3) is 5.91 Å². The summed E-state index contributed by atoms with van der Waals surface area (Å²) in [6.07, 6.45) is 5.94. The van der Waals surface area contributed by atoms with Crippen LogP contribution in [0.15, 0.2) is 51.0 Å². The molecule has 3 aliphatic heterocycles. The minimum Gasteiger partial charge on any atom is -0.383 e. The van der Waals surface area contributed by atoms with Gasteiger partial charge in [-0.3, -0.25) is 15.5 Å². The lowest BCUT2D eigenvalue weighted by molar-refractivity contribution is -0.538. The summed E-state index contributed by atoms with van der Waals surface area (Å²) in [5.41, 5.74) is 6.73. The van der Waals surface area contributed by atoms with Crippen LogP contribution in [0.1, 0.15) is 19.8 Å². The van der Waals surface area contributed by atoms with Crippen molar-refractivity contribution in [2.24, 2.45) is 10.7 Å². The average Bonchev–Trinajstić information content (AvgIpc) is 3.14. The normalized spacial score (nSPS) is 24.3. The van der Waals surface area contributed by atoms with E-state index in [1.807, 2.05) is 6.92 Å². The molecule has 1 saturated heterocycles. The summed E-state index contributed by atoms with van der Waals surface area (Å²) >= 11 is 6.52. The number of hydrogen-bond acceptors (Lipinski definition) is 5. The topological polar surface area (TPSA) is 123 Å². The molecule has 10 heteroatoms. The summed E-state index contributed by atoms with van der Waals surface area (Å²) < 4.78 is 13.1. The molecule has 8 nitrogen and oxygen atoms in total. The number of carbonyl (C=O) groups is 1. The van der Waals surface area contributed by atoms with Gasteiger partial charge in [0.05, 0.1) is 28.7 Å². The number of amides is 1. The Morgan fingerprint density at radius 3 is 2.81 bits per heavy atom. The molecule has 0 radical (unpaired) electrons. The molecule has 1 unspecified atom stereocenters. The fourth-order valence-corrected chi connectivity index (χ4v) is 3.41. The third kappa shape index (κ3) is 4.04. The van der Waals surface area contributed by atoms with Crippen molar-refractivity contribution in [2.45, 2.75) is 25.8 Å². The maximum atomic E-state index is 13.1. The number of amidine groups is 1. The fourth-order valence-electron chi connectivity index (χ4n) is 3.13. The van der Waals surface area contributed by atoms with Crippen LogP contribution in [-0.2, 0) is 4.79 Å². The van der Waals surface area contributed by atoms with Gasteiger partial charge < -0.3 is 21.3 Å². The monoisotopic (exact) mass is 394 g/mol. The Bertz CT molecular complexity index is 821. The Kier molecular flexibility index (Phi) is 5.62. The number of nitrogens with two attached hydrogens (primary N) is 2. The van der Waals surface area contributed by atoms with E-state index in [0.29, 0.717) is 10.7 Å². The number of nitrogens with zero attached hydrogens (tertiary/aromatic N) is 2. The molecule has 7 N–H and O–H groups in total. The van der Waals surface area contributed by atoms with Crippen molar-refractivity contribution < 1.29 is 14.5 Å². The largest absolute Gasteiger partial charge is 0.383 e. The molecule has 0 aliphatic carbocycles. The van der Waals surface area contributed by atoms with E-state index in [9.17, 15) is 9.18 Å². The highest BCUT2D eigenvalue weighted by molar-refractivity contribution is 6.31. The van der Waals surface area contributed by atoms with Crippen LogP contribution in [0.3, 0.4) is 0 Å². The van der Waals surface area contributed by atoms with Crippen LogP contribution in [0.4, 0.5) is 4.39 Å². The maximum Gasteiger partial charge on any atom is 0.267 e. The molecular weight excluding hydrogens is 373 g/mol. The van der Waals surface area contributed by atoms with E-state index in [1.165, 1.54) is 5.32 Å². The number of quaternary nitrogens is 1. The average molecular weight is 395 g/mol. The smallest absolute Gasteiger partial charge is 0.267 e. The number of allylic oxidation sites excluding steroid dienone is 1. The van der Waals surface area contributed by atoms with Crippen molar-refractivity contribution in [3.8, 4) is 0 Å². The van der Waals surface area contributed by atoms with Crippen LogP contribution >= 0.6 is 11.6 Å². The number of carbonyl (C=O) groups excluding carboxylic acids is 1. The van der Waals surface area contributed by atoms with Gasteiger partial charge in [-0.15, -0.1) is 0 Å². The number of likely N-dealkylation sites (tertiary alicyclic amines) is 1. The van der Waals surface area contributed by atoms with E-state index in [4.69, 9.17) is 22.7 Å². The fraction of sp³-hybridized carbons (Fsp3) is 0.353. The Balaban J connectivity index is 1.88. The van der Waals surface area contributed by atoms with Crippen molar-refractivity contribution in [1.82, 2.24) is 15.5 Å². The van der Waals surface area contributed by atoms with E-state index >= 15 is 0 Å².